The quantitative estimate of drug-likeness (QED) is 0.906. The van der Waals surface area contributed by atoms with Crippen LogP contribution < -0.4 is 5.32 Å². The van der Waals surface area contributed by atoms with Crippen molar-refractivity contribution < 1.29 is 4.52 Å². The van der Waals surface area contributed by atoms with Crippen molar-refractivity contribution in [2.45, 2.75) is 50.6 Å². The molecule has 1 aliphatic carbocycles. The average Bonchev–Trinajstić information content (AvgIpc) is 2.96. The summed E-state index contributed by atoms with van der Waals surface area (Å²) in [6, 6.07) is 2.38. The number of likely N-dealkylation sites (tertiary alicyclic amines) is 1. The lowest BCUT2D eigenvalue weighted by molar-refractivity contribution is 0.203. The molecule has 0 atom stereocenters. The molecular formula is C16H22N6O. The highest BCUT2D eigenvalue weighted by Gasteiger charge is 2.26. The topological polar surface area (TPSA) is 80.0 Å². The Morgan fingerprint density at radius 3 is 2.78 bits per heavy atom. The van der Waals surface area contributed by atoms with Crippen LogP contribution in [0.1, 0.15) is 49.7 Å². The van der Waals surface area contributed by atoms with Gasteiger partial charge in [-0.2, -0.15) is 4.98 Å². The minimum Gasteiger partial charge on any atom is -0.367 e. The van der Waals surface area contributed by atoms with Gasteiger partial charge in [0.1, 0.15) is 12.1 Å². The maximum atomic E-state index is 5.40. The smallest absolute Gasteiger partial charge is 0.229 e. The Labute approximate surface area is 135 Å². The van der Waals surface area contributed by atoms with E-state index in [9.17, 15) is 0 Å². The summed E-state index contributed by atoms with van der Waals surface area (Å²) in [6.45, 7) is 2.86. The van der Waals surface area contributed by atoms with Crippen LogP contribution in [-0.2, 0) is 6.54 Å². The minimum atomic E-state index is 0.469. The monoisotopic (exact) mass is 314 g/mol. The standard InChI is InChI=1S/C16H22N6O/c1-2-12(3-1)16-20-15(21-23-16)10-22-8-5-13(6-9-22)19-14-4-7-17-11-18-14/h4,7,11-13H,1-3,5-6,8-10H2,(H,17,18,19). The Morgan fingerprint density at radius 2 is 2.09 bits per heavy atom. The molecule has 7 nitrogen and oxygen atoms in total. The number of aromatic nitrogens is 4. The molecule has 23 heavy (non-hydrogen) atoms. The zero-order valence-electron chi connectivity index (χ0n) is 13.2. The molecule has 4 rings (SSSR count). The molecule has 0 aromatic carbocycles. The zero-order valence-corrected chi connectivity index (χ0v) is 13.2. The Morgan fingerprint density at radius 1 is 1.22 bits per heavy atom. The van der Waals surface area contributed by atoms with Crippen LogP contribution in [0.5, 0.6) is 0 Å². The summed E-state index contributed by atoms with van der Waals surface area (Å²) in [4.78, 5) is 15.1. The van der Waals surface area contributed by atoms with Gasteiger partial charge in [0.2, 0.25) is 5.89 Å². The lowest BCUT2D eigenvalue weighted by atomic mass is 9.85. The Hall–Kier alpha value is -2.02. The van der Waals surface area contributed by atoms with Gasteiger partial charge in [-0.25, -0.2) is 9.97 Å². The zero-order chi connectivity index (χ0) is 15.5. The van der Waals surface area contributed by atoms with E-state index in [1.165, 1.54) is 19.3 Å². The van der Waals surface area contributed by atoms with Crippen LogP contribution in [0.2, 0.25) is 0 Å². The van der Waals surface area contributed by atoms with E-state index in [2.05, 4.69) is 30.3 Å². The molecule has 0 bridgehead atoms. The van der Waals surface area contributed by atoms with Gasteiger partial charge in [-0.3, -0.25) is 4.90 Å². The highest BCUT2D eigenvalue weighted by molar-refractivity contribution is 5.33. The van der Waals surface area contributed by atoms with Crippen molar-refractivity contribution in [1.29, 1.82) is 0 Å². The molecule has 122 valence electrons. The highest BCUT2D eigenvalue weighted by atomic mass is 16.5. The van der Waals surface area contributed by atoms with Crippen LogP contribution in [0.15, 0.2) is 23.1 Å². The van der Waals surface area contributed by atoms with E-state index < -0.39 is 0 Å². The number of anilines is 1. The molecule has 2 aromatic rings. The van der Waals surface area contributed by atoms with Gasteiger partial charge < -0.3 is 9.84 Å². The van der Waals surface area contributed by atoms with E-state index in [1.807, 2.05) is 6.07 Å². The fourth-order valence-electron chi connectivity index (χ4n) is 3.17. The number of hydrogen-bond acceptors (Lipinski definition) is 7. The van der Waals surface area contributed by atoms with Crippen molar-refractivity contribution in [1.82, 2.24) is 25.0 Å². The number of piperidine rings is 1. The second-order valence-corrected chi connectivity index (χ2v) is 6.47. The van der Waals surface area contributed by atoms with Crippen LogP contribution >= 0.6 is 0 Å². The molecule has 1 saturated carbocycles. The largest absolute Gasteiger partial charge is 0.367 e. The third-order valence-corrected chi connectivity index (χ3v) is 4.82. The van der Waals surface area contributed by atoms with Gasteiger partial charge in [-0.1, -0.05) is 11.6 Å². The SMILES string of the molecule is c1cc(NC2CCN(Cc3noc(C4CCC4)n3)CC2)ncn1. The van der Waals surface area contributed by atoms with Crippen molar-refractivity contribution in [3.63, 3.8) is 0 Å². The van der Waals surface area contributed by atoms with Gasteiger partial charge >= 0.3 is 0 Å². The molecule has 7 heteroatoms. The highest BCUT2D eigenvalue weighted by Crippen LogP contribution is 2.35. The first-order valence-electron chi connectivity index (χ1n) is 8.44. The normalized spacial score (nSPS) is 20.3. The third-order valence-electron chi connectivity index (χ3n) is 4.82. The molecule has 3 heterocycles. The summed E-state index contributed by atoms with van der Waals surface area (Å²) < 4.78 is 5.40. The van der Waals surface area contributed by atoms with E-state index in [4.69, 9.17) is 4.52 Å². The molecule has 2 fully saturated rings. The summed E-state index contributed by atoms with van der Waals surface area (Å²) in [5.41, 5.74) is 0. The molecule has 1 saturated heterocycles. The summed E-state index contributed by atoms with van der Waals surface area (Å²) in [5, 5.41) is 7.61. The van der Waals surface area contributed by atoms with Gasteiger partial charge in [0.25, 0.3) is 0 Å². The summed E-state index contributed by atoms with van der Waals surface area (Å²) >= 11 is 0. The molecular weight excluding hydrogens is 292 g/mol. The lowest BCUT2D eigenvalue weighted by Gasteiger charge is -2.31. The van der Waals surface area contributed by atoms with E-state index in [0.29, 0.717) is 12.0 Å². The Balaban J connectivity index is 1.25. The van der Waals surface area contributed by atoms with Crippen molar-refractivity contribution in [2.75, 3.05) is 18.4 Å². The molecule has 2 aromatic heterocycles. The molecule has 2 aliphatic rings. The van der Waals surface area contributed by atoms with Gasteiger partial charge in [0.15, 0.2) is 5.82 Å². The van der Waals surface area contributed by atoms with E-state index in [1.54, 1.807) is 12.5 Å². The number of nitrogens with one attached hydrogen (secondary N) is 1. The van der Waals surface area contributed by atoms with Crippen molar-refractivity contribution in [2.24, 2.45) is 0 Å². The maximum absolute atomic E-state index is 5.40. The summed E-state index contributed by atoms with van der Waals surface area (Å²) in [7, 11) is 0. The molecule has 1 N–H and O–H groups in total. The Bertz CT molecular complexity index is 619. The van der Waals surface area contributed by atoms with E-state index in [0.717, 1.165) is 50.0 Å². The molecule has 1 aliphatic heterocycles. The van der Waals surface area contributed by atoms with Crippen LogP contribution in [0.3, 0.4) is 0 Å². The molecule has 0 unspecified atom stereocenters. The van der Waals surface area contributed by atoms with Crippen molar-refractivity contribution >= 4 is 5.82 Å². The van der Waals surface area contributed by atoms with Crippen molar-refractivity contribution in [3.8, 4) is 0 Å². The van der Waals surface area contributed by atoms with E-state index >= 15 is 0 Å². The number of nitrogens with zero attached hydrogens (tertiary/aromatic N) is 5. The van der Waals surface area contributed by atoms with Gasteiger partial charge in [-0.15, -0.1) is 0 Å². The average molecular weight is 314 g/mol. The van der Waals surface area contributed by atoms with Gasteiger partial charge in [0, 0.05) is 31.2 Å². The summed E-state index contributed by atoms with van der Waals surface area (Å²) in [6.07, 6.45) is 9.21. The maximum Gasteiger partial charge on any atom is 0.229 e. The van der Waals surface area contributed by atoms with Gasteiger partial charge in [0.05, 0.1) is 6.54 Å². The Kier molecular flexibility index (Phi) is 4.19. The molecule has 0 radical (unpaired) electrons. The predicted octanol–water partition coefficient (Wildman–Crippen LogP) is 2.20. The van der Waals surface area contributed by atoms with Gasteiger partial charge in [-0.05, 0) is 31.7 Å². The predicted molar refractivity (Wildman–Crippen MR) is 84.8 cm³/mol. The first-order valence-corrected chi connectivity index (χ1v) is 8.44. The first kappa shape index (κ1) is 14.6. The summed E-state index contributed by atoms with van der Waals surface area (Å²) in [5.74, 6) is 3.08. The van der Waals surface area contributed by atoms with Crippen LogP contribution in [-0.4, -0.2) is 44.1 Å². The fraction of sp³-hybridized carbons (Fsp3) is 0.625. The molecule has 0 amide bonds. The second kappa shape index (κ2) is 6.62. The third kappa shape index (κ3) is 3.50. The number of rotatable bonds is 5. The van der Waals surface area contributed by atoms with Crippen LogP contribution in [0.4, 0.5) is 5.82 Å². The fourth-order valence-corrected chi connectivity index (χ4v) is 3.17. The minimum absolute atomic E-state index is 0.469. The number of hydrogen-bond donors (Lipinski definition) is 1. The molecule has 0 spiro atoms. The van der Waals surface area contributed by atoms with Crippen molar-refractivity contribution in [3.05, 3.63) is 30.3 Å². The van der Waals surface area contributed by atoms with Crippen LogP contribution in [0, 0.1) is 0 Å². The first-order chi connectivity index (χ1) is 11.4. The lowest BCUT2D eigenvalue weighted by Crippen LogP contribution is -2.39. The second-order valence-electron chi connectivity index (χ2n) is 6.47. The van der Waals surface area contributed by atoms with E-state index in [-0.39, 0.29) is 0 Å². The van der Waals surface area contributed by atoms with Crippen LogP contribution in [0.25, 0.3) is 0 Å².